The third-order valence-corrected chi connectivity index (χ3v) is 6.81. The number of hydrazone groups is 1. The molecule has 2 aromatic heterocycles. The van der Waals surface area contributed by atoms with Crippen LogP contribution in [-0.2, 0) is 13.2 Å². The summed E-state index contributed by atoms with van der Waals surface area (Å²) in [5.41, 5.74) is 10.2. The standard InChI is InChI=1S/C26H27ClFN9O4/c1-39-22-11-16(5-8-21(22)40-15-17-6-7-18(28)12-19(17)27)13-30-32-26(38)23-20(14-36-9-3-2-4-10-36)37(35-31-23)25-24(29)33-41-34-25/h5-8,11-13H,2-4,9-10,14-15H2,1H3,(H2,29,33)(H,32,38)/b30-13+. The molecule has 0 atom stereocenters. The third kappa shape index (κ3) is 6.61. The van der Waals surface area contributed by atoms with Crippen LogP contribution >= 0.6 is 11.6 Å². The summed E-state index contributed by atoms with van der Waals surface area (Å²) in [6.45, 7) is 2.30. The maximum atomic E-state index is 13.3. The number of methoxy groups -OCH3 is 1. The van der Waals surface area contributed by atoms with Crippen molar-refractivity contribution in [1.29, 1.82) is 0 Å². The van der Waals surface area contributed by atoms with E-state index in [2.05, 4.69) is 36.1 Å². The number of likely N-dealkylation sites (tertiary alicyclic amines) is 1. The quantitative estimate of drug-likeness (QED) is 0.209. The fourth-order valence-electron chi connectivity index (χ4n) is 4.35. The molecule has 3 heterocycles. The van der Waals surface area contributed by atoms with E-state index in [4.69, 9.17) is 31.4 Å². The van der Waals surface area contributed by atoms with Gasteiger partial charge in [-0.15, -0.1) is 5.10 Å². The lowest BCUT2D eigenvalue weighted by molar-refractivity contribution is 0.0947. The maximum absolute atomic E-state index is 13.3. The van der Waals surface area contributed by atoms with Crippen LogP contribution in [-0.4, -0.2) is 62.5 Å². The van der Waals surface area contributed by atoms with E-state index in [1.165, 1.54) is 30.1 Å². The molecule has 4 aromatic rings. The van der Waals surface area contributed by atoms with Gasteiger partial charge in [0, 0.05) is 12.1 Å². The molecular weight excluding hydrogens is 557 g/mol. The van der Waals surface area contributed by atoms with Crippen LogP contribution in [0.25, 0.3) is 5.82 Å². The summed E-state index contributed by atoms with van der Waals surface area (Å²) in [7, 11) is 1.50. The van der Waals surface area contributed by atoms with Gasteiger partial charge in [0.1, 0.15) is 12.4 Å². The lowest BCUT2D eigenvalue weighted by atomic mass is 10.1. The summed E-state index contributed by atoms with van der Waals surface area (Å²) in [6, 6.07) is 9.21. The van der Waals surface area contributed by atoms with Gasteiger partial charge in [0.2, 0.25) is 11.6 Å². The highest BCUT2D eigenvalue weighted by atomic mass is 35.5. The van der Waals surface area contributed by atoms with Gasteiger partial charge in [-0.1, -0.05) is 29.3 Å². The largest absolute Gasteiger partial charge is 0.493 e. The van der Waals surface area contributed by atoms with Gasteiger partial charge >= 0.3 is 0 Å². The molecule has 41 heavy (non-hydrogen) atoms. The molecule has 0 radical (unpaired) electrons. The van der Waals surface area contributed by atoms with Crippen LogP contribution in [0.1, 0.15) is 46.6 Å². The Morgan fingerprint density at radius 3 is 2.76 bits per heavy atom. The summed E-state index contributed by atoms with van der Waals surface area (Å²) in [5, 5.41) is 19.9. The van der Waals surface area contributed by atoms with Crippen LogP contribution in [0.4, 0.5) is 10.2 Å². The molecule has 3 N–H and O–H groups in total. The number of nitrogens with one attached hydrogen (secondary N) is 1. The number of rotatable bonds is 10. The Balaban J connectivity index is 1.28. The number of hydrogen-bond acceptors (Lipinski definition) is 11. The topological polar surface area (TPSA) is 159 Å². The van der Waals surface area contributed by atoms with E-state index < -0.39 is 11.7 Å². The number of amides is 1. The summed E-state index contributed by atoms with van der Waals surface area (Å²) in [4.78, 5) is 15.3. The van der Waals surface area contributed by atoms with Crippen molar-refractivity contribution in [2.45, 2.75) is 32.4 Å². The van der Waals surface area contributed by atoms with Gasteiger partial charge in [0.15, 0.2) is 17.2 Å². The zero-order valence-electron chi connectivity index (χ0n) is 22.1. The third-order valence-electron chi connectivity index (χ3n) is 6.46. The molecule has 5 rings (SSSR count). The Kier molecular flexibility index (Phi) is 8.70. The summed E-state index contributed by atoms with van der Waals surface area (Å²) in [6.07, 6.45) is 4.74. The SMILES string of the molecule is COc1cc(/C=N/NC(=O)c2nnn(-c3nonc3N)c2CN2CCCCC2)ccc1OCc1ccc(F)cc1Cl. The van der Waals surface area contributed by atoms with E-state index in [9.17, 15) is 9.18 Å². The molecule has 214 valence electrons. The number of aromatic nitrogens is 5. The Morgan fingerprint density at radius 2 is 2.02 bits per heavy atom. The molecule has 0 unspecified atom stereocenters. The van der Waals surface area contributed by atoms with E-state index in [0.29, 0.717) is 34.9 Å². The fourth-order valence-corrected chi connectivity index (χ4v) is 4.58. The van der Waals surface area contributed by atoms with E-state index in [0.717, 1.165) is 32.4 Å². The lowest BCUT2D eigenvalue weighted by Gasteiger charge is -2.26. The highest BCUT2D eigenvalue weighted by Gasteiger charge is 2.26. The van der Waals surface area contributed by atoms with Crippen molar-refractivity contribution in [2.24, 2.45) is 5.10 Å². The molecule has 0 spiro atoms. The van der Waals surface area contributed by atoms with Crippen LogP contribution in [0.3, 0.4) is 0 Å². The molecule has 1 amide bonds. The number of nitrogen functional groups attached to an aromatic ring is 1. The number of nitrogens with two attached hydrogens (primary N) is 1. The molecule has 1 aliphatic rings. The van der Waals surface area contributed by atoms with E-state index in [1.807, 2.05) is 0 Å². The molecule has 1 fully saturated rings. The van der Waals surface area contributed by atoms with Crippen molar-refractivity contribution >= 4 is 29.5 Å². The number of benzene rings is 2. The van der Waals surface area contributed by atoms with Crippen molar-refractivity contribution in [3.8, 4) is 17.3 Å². The Labute approximate surface area is 239 Å². The van der Waals surface area contributed by atoms with Crippen molar-refractivity contribution in [3.05, 3.63) is 69.8 Å². The summed E-state index contributed by atoms with van der Waals surface area (Å²) < 4.78 is 30.6. The van der Waals surface area contributed by atoms with Crippen molar-refractivity contribution in [3.63, 3.8) is 0 Å². The Morgan fingerprint density at radius 1 is 1.20 bits per heavy atom. The van der Waals surface area contributed by atoms with Gasteiger partial charge in [-0.05, 0) is 72.1 Å². The van der Waals surface area contributed by atoms with Crippen molar-refractivity contribution in [1.82, 2.24) is 35.6 Å². The number of ether oxygens (including phenoxy) is 2. The fraction of sp³-hybridized carbons (Fsp3) is 0.308. The number of carbonyl (C=O) groups excluding carboxylic acids is 1. The second kappa shape index (κ2) is 12.7. The number of halogens is 2. The van der Waals surface area contributed by atoms with Gasteiger partial charge in [0.25, 0.3) is 5.91 Å². The first kappa shape index (κ1) is 28.0. The Bertz CT molecular complexity index is 1550. The predicted molar refractivity (Wildman–Crippen MR) is 147 cm³/mol. The minimum absolute atomic E-state index is 0.0295. The number of carbonyl (C=O) groups is 1. The molecular formula is C26H27ClFN9O4. The average Bonchev–Trinajstić information content (AvgIpc) is 3.58. The summed E-state index contributed by atoms with van der Waals surface area (Å²) >= 11 is 6.08. The second-order valence-corrected chi connectivity index (χ2v) is 9.65. The number of hydrogen-bond donors (Lipinski definition) is 2. The van der Waals surface area contributed by atoms with Gasteiger partial charge in [-0.3, -0.25) is 9.69 Å². The molecule has 13 nitrogen and oxygen atoms in total. The van der Waals surface area contributed by atoms with Gasteiger partial charge in [-0.25, -0.2) is 14.4 Å². The number of nitrogens with zero attached hydrogens (tertiary/aromatic N) is 7. The normalized spacial score (nSPS) is 13.9. The van der Waals surface area contributed by atoms with E-state index in [-0.39, 0.29) is 29.0 Å². The van der Waals surface area contributed by atoms with Crippen molar-refractivity contribution in [2.75, 3.05) is 25.9 Å². The van der Waals surface area contributed by atoms with Crippen LogP contribution in [0.15, 0.2) is 46.1 Å². The number of anilines is 1. The van der Waals surface area contributed by atoms with Crippen LogP contribution in [0.2, 0.25) is 5.02 Å². The molecule has 0 aliphatic carbocycles. The highest BCUT2D eigenvalue weighted by Crippen LogP contribution is 2.29. The van der Waals surface area contributed by atoms with Crippen LogP contribution in [0.5, 0.6) is 11.5 Å². The Hall–Kier alpha value is -4.56. The van der Waals surface area contributed by atoms with Gasteiger partial charge in [0.05, 0.1) is 24.0 Å². The summed E-state index contributed by atoms with van der Waals surface area (Å²) in [5.74, 6) is 0.0910. The van der Waals surface area contributed by atoms with E-state index in [1.54, 1.807) is 24.3 Å². The minimum Gasteiger partial charge on any atom is -0.493 e. The highest BCUT2D eigenvalue weighted by molar-refractivity contribution is 6.31. The predicted octanol–water partition coefficient (Wildman–Crippen LogP) is 3.36. The first-order chi connectivity index (χ1) is 19.9. The average molecular weight is 584 g/mol. The lowest BCUT2D eigenvalue weighted by Crippen LogP contribution is -2.31. The number of piperidine rings is 1. The minimum atomic E-state index is -0.558. The maximum Gasteiger partial charge on any atom is 0.293 e. The van der Waals surface area contributed by atoms with E-state index >= 15 is 0 Å². The first-order valence-corrected chi connectivity index (χ1v) is 13.1. The van der Waals surface area contributed by atoms with Crippen molar-refractivity contribution < 1.29 is 23.3 Å². The zero-order chi connectivity index (χ0) is 28.8. The van der Waals surface area contributed by atoms with Crippen LogP contribution < -0.4 is 20.6 Å². The molecule has 0 saturated carbocycles. The molecule has 0 bridgehead atoms. The molecule has 1 aliphatic heterocycles. The second-order valence-electron chi connectivity index (χ2n) is 9.24. The van der Waals surface area contributed by atoms with Gasteiger partial charge in [-0.2, -0.15) is 9.78 Å². The van der Waals surface area contributed by atoms with Crippen LogP contribution in [0, 0.1) is 5.82 Å². The first-order valence-electron chi connectivity index (χ1n) is 12.8. The van der Waals surface area contributed by atoms with Gasteiger partial charge < -0.3 is 15.2 Å². The molecule has 1 saturated heterocycles. The smallest absolute Gasteiger partial charge is 0.293 e. The molecule has 2 aromatic carbocycles. The zero-order valence-corrected chi connectivity index (χ0v) is 22.8. The monoisotopic (exact) mass is 583 g/mol. The molecule has 15 heteroatoms.